The summed E-state index contributed by atoms with van der Waals surface area (Å²) in [6, 6.07) is 5.52. The van der Waals surface area contributed by atoms with Crippen LogP contribution < -0.4 is 5.32 Å². The zero-order valence-corrected chi connectivity index (χ0v) is 10.5. The van der Waals surface area contributed by atoms with Crippen molar-refractivity contribution in [1.29, 1.82) is 5.26 Å². The summed E-state index contributed by atoms with van der Waals surface area (Å²) in [7, 11) is 0. The zero-order chi connectivity index (χ0) is 12.2. The number of nitriles is 1. The minimum Gasteiger partial charge on any atom is -0.449 e. The van der Waals surface area contributed by atoms with E-state index < -0.39 is 0 Å². The molecule has 1 aromatic rings. The van der Waals surface area contributed by atoms with Crippen molar-refractivity contribution in [1.82, 2.24) is 5.32 Å². The summed E-state index contributed by atoms with van der Waals surface area (Å²) in [5.41, 5.74) is 0.269. The maximum Gasteiger partial charge on any atom is 0.203 e. The third-order valence-corrected chi connectivity index (χ3v) is 3.21. The van der Waals surface area contributed by atoms with Gasteiger partial charge in [0.05, 0.1) is 6.54 Å². The lowest BCUT2D eigenvalue weighted by molar-refractivity contribution is 0.235. The molecule has 16 heavy (non-hydrogen) atoms. The fourth-order valence-corrected chi connectivity index (χ4v) is 1.25. The van der Waals surface area contributed by atoms with Crippen LogP contribution >= 0.6 is 0 Å². The molecule has 0 bridgehead atoms. The topological polar surface area (TPSA) is 49.0 Å². The average molecular weight is 220 g/mol. The molecule has 0 saturated carbocycles. The molecule has 0 aliphatic rings. The number of nitrogens with zero attached hydrogens (tertiary/aromatic N) is 1. The first kappa shape index (κ1) is 12.8. The second-order valence-corrected chi connectivity index (χ2v) is 5.12. The summed E-state index contributed by atoms with van der Waals surface area (Å²) in [6.45, 7) is 10.6. The Labute approximate surface area is 97.5 Å². The molecule has 1 aromatic heterocycles. The first-order valence-electron chi connectivity index (χ1n) is 5.65. The standard InChI is InChI=1S/C13H20N2O/c1-10(2)13(3,4)9-15-8-12-6-5-11(7-14)16-12/h5-6,10,15H,8-9H2,1-4H3. The molecule has 0 radical (unpaired) electrons. The van der Waals surface area contributed by atoms with Crippen molar-refractivity contribution in [3.8, 4) is 6.07 Å². The van der Waals surface area contributed by atoms with E-state index in [0.29, 0.717) is 18.2 Å². The van der Waals surface area contributed by atoms with Gasteiger partial charge in [0.25, 0.3) is 0 Å². The quantitative estimate of drug-likeness (QED) is 0.830. The lowest BCUT2D eigenvalue weighted by atomic mass is 9.81. The number of rotatable bonds is 5. The van der Waals surface area contributed by atoms with Crippen molar-refractivity contribution in [3.05, 3.63) is 23.7 Å². The van der Waals surface area contributed by atoms with Crippen molar-refractivity contribution < 1.29 is 4.42 Å². The van der Waals surface area contributed by atoms with Crippen LogP contribution in [-0.2, 0) is 6.54 Å². The van der Waals surface area contributed by atoms with Gasteiger partial charge in [-0.25, -0.2) is 0 Å². The molecule has 0 saturated heterocycles. The van der Waals surface area contributed by atoms with Gasteiger partial charge in [0.15, 0.2) is 0 Å². The first-order valence-corrected chi connectivity index (χ1v) is 5.65. The molecule has 3 nitrogen and oxygen atoms in total. The van der Waals surface area contributed by atoms with Gasteiger partial charge in [0, 0.05) is 6.54 Å². The minimum atomic E-state index is 0.269. The number of hydrogen-bond donors (Lipinski definition) is 1. The van der Waals surface area contributed by atoms with Crippen LogP contribution in [0.4, 0.5) is 0 Å². The normalized spacial score (nSPS) is 11.8. The molecular weight excluding hydrogens is 200 g/mol. The van der Waals surface area contributed by atoms with E-state index in [4.69, 9.17) is 9.68 Å². The van der Waals surface area contributed by atoms with Crippen LogP contribution in [0.1, 0.15) is 39.2 Å². The van der Waals surface area contributed by atoms with Crippen LogP contribution in [0.3, 0.4) is 0 Å². The van der Waals surface area contributed by atoms with E-state index in [1.807, 2.05) is 12.1 Å². The van der Waals surface area contributed by atoms with E-state index in [9.17, 15) is 0 Å². The highest BCUT2D eigenvalue weighted by Gasteiger charge is 2.21. The van der Waals surface area contributed by atoms with Crippen molar-refractivity contribution in [2.45, 2.75) is 34.2 Å². The molecule has 1 N–H and O–H groups in total. The Kier molecular flexibility index (Phi) is 4.14. The van der Waals surface area contributed by atoms with Crippen LogP contribution in [0.5, 0.6) is 0 Å². The molecule has 0 unspecified atom stereocenters. The molecule has 1 rings (SSSR count). The highest BCUT2D eigenvalue weighted by atomic mass is 16.3. The van der Waals surface area contributed by atoms with Gasteiger partial charge < -0.3 is 9.73 Å². The predicted molar refractivity (Wildman–Crippen MR) is 63.7 cm³/mol. The molecule has 0 amide bonds. The average Bonchev–Trinajstić information content (AvgIpc) is 2.65. The van der Waals surface area contributed by atoms with E-state index in [1.165, 1.54) is 0 Å². The van der Waals surface area contributed by atoms with E-state index in [2.05, 4.69) is 33.0 Å². The number of hydrogen-bond acceptors (Lipinski definition) is 3. The molecule has 88 valence electrons. The van der Waals surface area contributed by atoms with Gasteiger partial charge in [-0.05, 0) is 23.5 Å². The summed E-state index contributed by atoms with van der Waals surface area (Å²) in [5, 5.41) is 12.0. The van der Waals surface area contributed by atoms with E-state index >= 15 is 0 Å². The van der Waals surface area contributed by atoms with E-state index in [-0.39, 0.29) is 5.41 Å². The Balaban J connectivity index is 2.39. The first-order chi connectivity index (χ1) is 7.45. The van der Waals surface area contributed by atoms with Gasteiger partial charge in [-0.3, -0.25) is 0 Å². The summed E-state index contributed by atoms with van der Waals surface area (Å²) < 4.78 is 5.28. The Morgan fingerprint density at radius 3 is 2.62 bits per heavy atom. The maximum atomic E-state index is 8.61. The van der Waals surface area contributed by atoms with Gasteiger partial charge in [-0.2, -0.15) is 5.26 Å². The highest BCUT2D eigenvalue weighted by Crippen LogP contribution is 2.24. The van der Waals surface area contributed by atoms with Gasteiger partial charge in [-0.1, -0.05) is 27.7 Å². The molecule has 0 aliphatic heterocycles. The van der Waals surface area contributed by atoms with Gasteiger partial charge in [-0.15, -0.1) is 0 Å². The van der Waals surface area contributed by atoms with Crippen molar-refractivity contribution in [3.63, 3.8) is 0 Å². The monoisotopic (exact) mass is 220 g/mol. The van der Waals surface area contributed by atoms with Crippen LogP contribution in [0.25, 0.3) is 0 Å². The largest absolute Gasteiger partial charge is 0.449 e. The molecule has 3 heteroatoms. The zero-order valence-electron chi connectivity index (χ0n) is 10.5. The number of furan rings is 1. The van der Waals surface area contributed by atoms with Crippen molar-refractivity contribution in [2.24, 2.45) is 11.3 Å². The van der Waals surface area contributed by atoms with Crippen molar-refractivity contribution >= 4 is 0 Å². The molecule has 0 atom stereocenters. The van der Waals surface area contributed by atoms with Crippen molar-refractivity contribution in [2.75, 3.05) is 6.54 Å². The molecule has 0 aromatic carbocycles. The van der Waals surface area contributed by atoms with Gasteiger partial charge >= 0.3 is 0 Å². The molecule has 0 fully saturated rings. The minimum absolute atomic E-state index is 0.269. The summed E-state index contributed by atoms with van der Waals surface area (Å²) >= 11 is 0. The third kappa shape index (κ3) is 3.39. The predicted octanol–water partition coefficient (Wildman–Crippen LogP) is 2.92. The van der Waals surface area contributed by atoms with Crippen LogP contribution in [0, 0.1) is 22.7 Å². The van der Waals surface area contributed by atoms with Crippen LogP contribution in [0.15, 0.2) is 16.5 Å². The summed E-state index contributed by atoms with van der Waals surface area (Å²) in [5.74, 6) is 1.82. The Hall–Kier alpha value is -1.27. The number of nitrogens with one attached hydrogen (secondary N) is 1. The SMILES string of the molecule is CC(C)C(C)(C)CNCc1ccc(C#N)o1. The lowest BCUT2D eigenvalue weighted by Crippen LogP contribution is -2.33. The maximum absolute atomic E-state index is 8.61. The smallest absolute Gasteiger partial charge is 0.203 e. The second-order valence-electron chi connectivity index (χ2n) is 5.12. The molecule has 0 aliphatic carbocycles. The molecule has 1 heterocycles. The highest BCUT2D eigenvalue weighted by molar-refractivity contribution is 5.18. The fraction of sp³-hybridized carbons (Fsp3) is 0.615. The lowest BCUT2D eigenvalue weighted by Gasteiger charge is -2.29. The fourth-order valence-electron chi connectivity index (χ4n) is 1.25. The van der Waals surface area contributed by atoms with Gasteiger partial charge in [0.1, 0.15) is 11.8 Å². The summed E-state index contributed by atoms with van der Waals surface area (Å²) in [4.78, 5) is 0. The summed E-state index contributed by atoms with van der Waals surface area (Å²) in [6.07, 6.45) is 0. The Bertz CT molecular complexity index is 372. The molecular formula is C13H20N2O. The Morgan fingerprint density at radius 2 is 2.12 bits per heavy atom. The van der Waals surface area contributed by atoms with E-state index in [1.54, 1.807) is 6.07 Å². The van der Waals surface area contributed by atoms with E-state index in [0.717, 1.165) is 12.3 Å². The second kappa shape index (κ2) is 5.18. The Morgan fingerprint density at radius 1 is 1.44 bits per heavy atom. The third-order valence-electron chi connectivity index (χ3n) is 3.21. The van der Waals surface area contributed by atoms with Crippen LogP contribution in [-0.4, -0.2) is 6.54 Å². The van der Waals surface area contributed by atoms with Crippen LogP contribution in [0.2, 0.25) is 0 Å². The van der Waals surface area contributed by atoms with Gasteiger partial charge in [0.2, 0.25) is 5.76 Å². The molecule has 0 spiro atoms.